The van der Waals surface area contributed by atoms with Crippen LogP contribution in [0.15, 0.2) is 36.7 Å². The number of ether oxygens (including phenoxy) is 2. The lowest BCUT2D eigenvalue weighted by molar-refractivity contribution is -0.274. The van der Waals surface area contributed by atoms with Crippen molar-refractivity contribution in [3.8, 4) is 28.7 Å². The van der Waals surface area contributed by atoms with E-state index in [0.717, 1.165) is 6.07 Å². The first kappa shape index (κ1) is 14.7. The molecule has 2 aromatic rings. The first-order chi connectivity index (χ1) is 9.93. The Morgan fingerprint density at radius 2 is 1.90 bits per heavy atom. The molecule has 0 saturated carbocycles. The number of aromatic nitrogens is 1. The van der Waals surface area contributed by atoms with Crippen molar-refractivity contribution in [2.24, 2.45) is 0 Å². The minimum Gasteiger partial charge on any atom is -0.495 e. The van der Waals surface area contributed by atoms with Gasteiger partial charge in [-0.25, -0.2) is 0 Å². The molecule has 0 aliphatic heterocycles. The Kier molecular flexibility index (Phi) is 3.98. The van der Waals surface area contributed by atoms with E-state index in [0.29, 0.717) is 16.9 Å². The summed E-state index contributed by atoms with van der Waals surface area (Å²) in [7, 11) is 1.46. The lowest BCUT2D eigenvalue weighted by Gasteiger charge is -2.12. The number of halogens is 3. The molecule has 0 aliphatic carbocycles. The number of pyridine rings is 1. The molecule has 1 heterocycles. The van der Waals surface area contributed by atoms with Gasteiger partial charge in [-0.1, -0.05) is 6.07 Å². The zero-order chi connectivity index (χ0) is 15.5. The van der Waals surface area contributed by atoms with Gasteiger partial charge in [-0.15, -0.1) is 13.2 Å². The van der Waals surface area contributed by atoms with E-state index in [1.807, 2.05) is 0 Å². The van der Waals surface area contributed by atoms with Crippen molar-refractivity contribution in [1.29, 1.82) is 5.26 Å². The largest absolute Gasteiger partial charge is 0.573 e. The van der Waals surface area contributed by atoms with Crippen LogP contribution in [0, 0.1) is 11.3 Å². The number of methoxy groups -OCH3 is 1. The SMILES string of the molecule is COc1cncc(-c2ccc(C#N)c(OC(F)(F)F)c2)c1. The predicted octanol–water partition coefficient (Wildman–Crippen LogP) is 3.53. The summed E-state index contributed by atoms with van der Waals surface area (Å²) in [5, 5.41) is 8.83. The van der Waals surface area contributed by atoms with Crippen molar-refractivity contribution >= 4 is 0 Å². The van der Waals surface area contributed by atoms with Crippen molar-refractivity contribution in [3.63, 3.8) is 0 Å². The molecule has 0 bridgehead atoms. The first-order valence-corrected chi connectivity index (χ1v) is 5.72. The summed E-state index contributed by atoms with van der Waals surface area (Å²) >= 11 is 0. The molecular formula is C14H9F3N2O2. The Morgan fingerprint density at radius 1 is 1.14 bits per heavy atom. The number of rotatable bonds is 3. The van der Waals surface area contributed by atoms with E-state index in [1.165, 1.54) is 31.6 Å². The molecule has 2 rings (SSSR count). The lowest BCUT2D eigenvalue weighted by atomic mass is 10.0. The molecule has 7 heteroatoms. The normalized spacial score (nSPS) is 10.8. The Bertz CT molecular complexity index is 693. The lowest BCUT2D eigenvalue weighted by Crippen LogP contribution is -2.17. The summed E-state index contributed by atoms with van der Waals surface area (Å²) in [6.07, 6.45) is -1.92. The number of hydrogen-bond acceptors (Lipinski definition) is 4. The van der Waals surface area contributed by atoms with E-state index < -0.39 is 12.1 Å². The molecule has 0 N–H and O–H groups in total. The van der Waals surface area contributed by atoms with Crippen LogP contribution >= 0.6 is 0 Å². The van der Waals surface area contributed by atoms with Crippen molar-refractivity contribution in [2.45, 2.75) is 6.36 Å². The standard InChI is InChI=1S/C14H9F3N2O2/c1-20-12-4-11(7-19-8-12)9-2-3-10(6-18)13(5-9)21-14(15,16)17/h2-5,7-8H,1H3. The zero-order valence-corrected chi connectivity index (χ0v) is 10.8. The molecule has 0 aliphatic rings. The number of nitrogens with zero attached hydrogens (tertiary/aromatic N) is 2. The maximum Gasteiger partial charge on any atom is 0.573 e. The molecule has 0 fully saturated rings. The summed E-state index contributed by atoms with van der Waals surface area (Å²) in [6.45, 7) is 0. The fourth-order valence-corrected chi connectivity index (χ4v) is 1.69. The molecule has 1 aromatic carbocycles. The minimum absolute atomic E-state index is 0.202. The topological polar surface area (TPSA) is 55.1 Å². The highest BCUT2D eigenvalue weighted by Crippen LogP contribution is 2.31. The van der Waals surface area contributed by atoms with E-state index in [4.69, 9.17) is 10.00 Å². The van der Waals surface area contributed by atoms with Gasteiger partial charge in [0.05, 0.1) is 18.9 Å². The highest BCUT2D eigenvalue weighted by Gasteiger charge is 2.32. The van der Waals surface area contributed by atoms with Crippen molar-refractivity contribution in [1.82, 2.24) is 4.98 Å². The second kappa shape index (κ2) is 5.71. The Balaban J connectivity index is 2.46. The van der Waals surface area contributed by atoms with Crippen LogP contribution in [0.3, 0.4) is 0 Å². The van der Waals surface area contributed by atoms with Gasteiger partial charge < -0.3 is 9.47 Å². The van der Waals surface area contributed by atoms with Crippen molar-refractivity contribution in [2.75, 3.05) is 7.11 Å². The third kappa shape index (κ3) is 3.63. The second-order valence-corrected chi connectivity index (χ2v) is 3.98. The van der Waals surface area contributed by atoms with Gasteiger partial charge in [0.25, 0.3) is 0 Å². The van der Waals surface area contributed by atoms with E-state index in [2.05, 4.69) is 9.72 Å². The third-order valence-corrected chi connectivity index (χ3v) is 2.61. The first-order valence-electron chi connectivity index (χ1n) is 5.72. The average molecular weight is 294 g/mol. The van der Waals surface area contributed by atoms with E-state index in [-0.39, 0.29) is 5.56 Å². The summed E-state index contributed by atoms with van der Waals surface area (Å²) < 4.78 is 45.9. The highest BCUT2D eigenvalue weighted by atomic mass is 19.4. The fraction of sp³-hybridized carbons (Fsp3) is 0.143. The van der Waals surface area contributed by atoms with Gasteiger partial charge in [0.1, 0.15) is 17.6 Å². The van der Waals surface area contributed by atoms with Crippen molar-refractivity contribution in [3.05, 3.63) is 42.2 Å². The zero-order valence-electron chi connectivity index (χ0n) is 10.8. The summed E-state index contributed by atoms with van der Waals surface area (Å²) in [6, 6.07) is 7.18. The van der Waals surface area contributed by atoms with Crippen LogP contribution in [0.1, 0.15) is 5.56 Å². The van der Waals surface area contributed by atoms with Gasteiger partial charge in [0, 0.05) is 11.8 Å². The second-order valence-electron chi connectivity index (χ2n) is 3.98. The molecule has 0 amide bonds. The van der Waals surface area contributed by atoms with Gasteiger partial charge in [-0.05, 0) is 23.8 Å². The molecule has 0 atom stereocenters. The van der Waals surface area contributed by atoms with Crippen LogP contribution < -0.4 is 9.47 Å². The van der Waals surface area contributed by atoms with Gasteiger partial charge in [-0.2, -0.15) is 5.26 Å². The number of benzene rings is 1. The van der Waals surface area contributed by atoms with Crippen LogP contribution in [0.5, 0.6) is 11.5 Å². The molecule has 21 heavy (non-hydrogen) atoms. The Hall–Kier alpha value is -2.75. The van der Waals surface area contributed by atoms with Crippen LogP contribution in [0.2, 0.25) is 0 Å². The molecular weight excluding hydrogens is 285 g/mol. The molecule has 0 spiro atoms. The van der Waals surface area contributed by atoms with E-state index in [1.54, 1.807) is 12.1 Å². The van der Waals surface area contributed by atoms with E-state index >= 15 is 0 Å². The fourth-order valence-electron chi connectivity index (χ4n) is 1.69. The molecule has 4 nitrogen and oxygen atoms in total. The molecule has 108 valence electrons. The quantitative estimate of drug-likeness (QED) is 0.869. The highest BCUT2D eigenvalue weighted by molar-refractivity contribution is 5.67. The summed E-state index contributed by atoms with van der Waals surface area (Å²) in [5.41, 5.74) is 0.775. The molecule has 0 saturated heterocycles. The van der Waals surface area contributed by atoms with Crippen molar-refractivity contribution < 1.29 is 22.6 Å². The van der Waals surface area contributed by atoms with Gasteiger partial charge >= 0.3 is 6.36 Å². The number of hydrogen-bond donors (Lipinski definition) is 0. The van der Waals surface area contributed by atoms with Crippen LogP contribution in [0.25, 0.3) is 11.1 Å². The van der Waals surface area contributed by atoms with Crippen LogP contribution in [0.4, 0.5) is 13.2 Å². The Morgan fingerprint density at radius 3 is 2.52 bits per heavy atom. The van der Waals surface area contributed by atoms with Gasteiger partial charge in [-0.3, -0.25) is 4.98 Å². The summed E-state index contributed by atoms with van der Waals surface area (Å²) in [5.74, 6) is -0.0829. The van der Waals surface area contributed by atoms with Gasteiger partial charge in [0.2, 0.25) is 0 Å². The molecule has 0 unspecified atom stereocenters. The molecule has 1 aromatic heterocycles. The van der Waals surface area contributed by atoms with Crippen LogP contribution in [-0.4, -0.2) is 18.5 Å². The predicted molar refractivity (Wildman–Crippen MR) is 67.6 cm³/mol. The number of nitriles is 1. The Labute approximate surface area is 118 Å². The average Bonchev–Trinajstić information content (AvgIpc) is 2.45. The number of alkyl halides is 3. The van der Waals surface area contributed by atoms with E-state index in [9.17, 15) is 13.2 Å². The monoisotopic (exact) mass is 294 g/mol. The third-order valence-electron chi connectivity index (χ3n) is 2.61. The van der Waals surface area contributed by atoms with Crippen LogP contribution in [-0.2, 0) is 0 Å². The maximum absolute atomic E-state index is 12.3. The smallest absolute Gasteiger partial charge is 0.495 e. The van der Waals surface area contributed by atoms with Gasteiger partial charge in [0.15, 0.2) is 0 Å². The minimum atomic E-state index is -4.86. The molecule has 0 radical (unpaired) electrons. The summed E-state index contributed by atoms with van der Waals surface area (Å²) in [4.78, 5) is 3.93. The maximum atomic E-state index is 12.3.